The molecule has 0 aliphatic carbocycles. The van der Waals surface area contributed by atoms with E-state index in [0.29, 0.717) is 23.7 Å². The summed E-state index contributed by atoms with van der Waals surface area (Å²) in [5, 5.41) is 12.5. The van der Waals surface area contributed by atoms with Crippen molar-refractivity contribution >= 4 is 21.6 Å². The minimum absolute atomic E-state index is 0.169. The van der Waals surface area contributed by atoms with Crippen molar-refractivity contribution in [1.82, 2.24) is 9.62 Å². The summed E-state index contributed by atoms with van der Waals surface area (Å²) in [4.78, 5) is 0.169. The van der Waals surface area contributed by atoms with Gasteiger partial charge in [-0.05, 0) is 24.6 Å². The molecule has 0 radical (unpaired) electrons. The quantitative estimate of drug-likeness (QED) is 0.888. The van der Waals surface area contributed by atoms with E-state index in [1.807, 2.05) is 6.07 Å². The summed E-state index contributed by atoms with van der Waals surface area (Å²) in [7, 11) is -3.69. The molecule has 1 saturated heterocycles. The summed E-state index contributed by atoms with van der Waals surface area (Å²) in [6.07, 6.45) is 0. The highest BCUT2D eigenvalue weighted by Gasteiger charge is 2.34. The molecule has 0 bridgehead atoms. The lowest BCUT2D eigenvalue weighted by Gasteiger charge is -2.31. The minimum Gasteiger partial charge on any atom is -0.313 e. The molecule has 1 heterocycles. The SMILES string of the molecule is Cc1c(Cl)cccc1S(=O)(=O)N1CCNCC1C#N. The first-order chi connectivity index (χ1) is 8.98. The fourth-order valence-corrected chi connectivity index (χ4v) is 4.10. The monoisotopic (exact) mass is 299 g/mol. The van der Waals surface area contributed by atoms with E-state index in [4.69, 9.17) is 16.9 Å². The van der Waals surface area contributed by atoms with Crippen LogP contribution in [0.15, 0.2) is 23.1 Å². The Hall–Kier alpha value is -1.13. The Bertz CT molecular complexity index is 624. The minimum atomic E-state index is -3.69. The van der Waals surface area contributed by atoms with Crippen LogP contribution in [0.3, 0.4) is 0 Å². The molecule has 2 rings (SSSR count). The van der Waals surface area contributed by atoms with E-state index in [0.717, 1.165) is 0 Å². The zero-order chi connectivity index (χ0) is 14.0. The van der Waals surface area contributed by atoms with Crippen LogP contribution in [0, 0.1) is 18.3 Å². The van der Waals surface area contributed by atoms with E-state index >= 15 is 0 Å². The lowest BCUT2D eigenvalue weighted by atomic mass is 10.2. The number of sulfonamides is 1. The van der Waals surface area contributed by atoms with E-state index in [1.54, 1.807) is 19.1 Å². The maximum Gasteiger partial charge on any atom is 0.244 e. The molecule has 19 heavy (non-hydrogen) atoms. The van der Waals surface area contributed by atoms with Crippen molar-refractivity contribution in [3.05, 3.63) is 28.8 Å². The van der Waals surface area contributed by atoms with Crippen LogP contribution in [0.5, 0.6) is 0 Å². The predicted octanol–water partition coefficient (Wildman–Crippen LogP) is 1.13. The van der Waals surface area contributed by atoms with Gasteiger partial charge < -0.3 is 5.32 Å². The zero-order valence-corrected chi connectivity index (χ0v) is 12.0. The number of halogens is 1. The Morgan fingerprint density at radius 3 is 2.95 bits per heavy atom. The summed E-state index contributed by atoms with van der Waals surface area (Å²) in [5.41, 5.74) is 0.513. The van der Waals surface area contributed by atoms with Crippen molar-refractivity contribution < 1.29 is 8.42 Å². The fourth-order valence-electron chi connectivity index (χ4n) is 2.08. The summed E-state index contributed by atoms with van der Waals surface area (Å²) < 4.78 is 26.5. The van der Waals surface area contributed by atoms with Crippen molar-refractivity contribution in [1.29, 1.82) is 5.26 Å². The van der Waals surface area contributed by atoms with Gasteiger partial charge in [0.2, 0.25) is 10.0 Å². The number of rotatable bonds is 2. The van der Waals surface area contributed by atoms with Crippen LogP contribution >= 0.6 is 11.6 Å². The average molecular weight is 300 g/mol. The molecule has 7 heteroatoms. The van der Waals surface area contributed by atoms with Gasteiger partial charge in [0.05, 0.1) is 11.0 Å². The Morgan fingerprint density at radius 2 is 2.26 bits per heavy atom. The number of hydrogen-bond donors (Lipinski definition) is 1. The molecule has 1 aliphatic rings. The Labute approximate surface area is 117 Å². The van der Waals surface area contributed by atoms with Gasteiger partial charge in [0.25, 0.3) is 0 Å². The lowest BCUT2D eigenvalue weighted by molar-refractivity contribution is 0.311. The van der Waals surface area contributed by atoms with E-state index in [-0.39, 0.29) is 11.4 Å². The third-order valence-corrected chi connectivity index (χ3v) is 5.61. The summed E-state index contributed by atoms with van der Waals surface area (Å²) in [6, 6.07) is 6.10. The highest BCUT2D eigenvalue weighted by Crippen LogP contribution is 2.26. The third kappa shape index (κ3) is 2.60. The number of nitrogens with one attached hydrogen (secondary N) is 1. The number of nitrogens with zero attached hydrogens (tertiary/aromatic N) is 2. The largest absolute Gasteiger partial charge is 0.313 e. The summed E-state index contributed by atoms with van der Waals surface area (Å²) in [6.45, 7) is 2.83. The van der Waals surface area contributed by atoms with E-state index in [2.05, 4.69) is 5.32 Å². The zero-order valence-electron chi connectivity index (χ0n) is 10.4. The van der Waals surface area contributed by atoms with Crippen molar-refractivity contribution in [2.45, 2.75) is 17.9 Å². The topological polar surface area (TPSA) is 73.2 Å². The Morgan fingerprint density at radius 1 is 1.53 bits per heavy atom. The van der Waals surface area contributed by atoms with Crippen molar-refractivity contribution in [3.8, 4) is 6.07 Å². The normalized spacial score (nSPS) is 21.0. The van der Waals surface area contributed by atoms with Crippen LogP contribution in [0.25, 0.3) is 0 Å². The highest BCUT2D eigenvalue weighted by atomic mass is 35.5. The lowest BCUT2D eigenvalue weighted by Crippen LogP contribution is -2.52. The van der Waals surface area contributed by atoms with Crippen LogP contribution in [0.4, 0.5) is 0 Å². The molecule has 5 nitrogen and oxygen atoms in total. The molecule has 1 fully saturated rings. The van der Waals surface area contributed by atoms with Crippen LogP contribution < -0.4 is 5.32 Å². The molecule has 0 spiro atoms. The van der Waals surface area contributed by atoms with Crippen LogP contribution in [-0.2, 0) is 10.0 Å². The molecule has 0 saturated carbocycles. The van der Waals surface area contributed by atoms with Gasteiger partial charge in [-0.15, -0.1) is 0 Å². The second-order valence-corrected chi connectivity index (χ2v) is 6.59. The molecule has 0 amide bonds. The molecule has 1 N–H and O–H groups in total. The molecule has 1 aromatic rings. The number of hydrogen-bond acceptors (Lipinski definition) is 4. The molecule has 1 aromatic carbocycles. The highest BCUT2D eigenvalue weighted by molar-refractivity contribution is 7.89. The molecule has 0 aromatic heterocycles. The molecule has 1 aliphatic heterocycles. The van der Waals surface area contributed by atoms with Crippen molar-refractivity contribution in [2.24, 2.45) is 0 Å². The maximum atomic E-state index is 12.6. The van der Waals surface area contributed by atoms with Gasteiger partial charge in [-0.3, -0.25) is 0 Å². The van der Waals surface area contributed by atoms with E-state index < -0.39 is 16.1 Å². The van der Waals surface area contributed by atoms with Gasteiger partial charge in [-0.2, -0.15) is 9.57 Å². The first-order valence-electron chi connectivity index (χ1n) is 5.86. The second-order valence-electron chi connectivity index (χ2n) is 4.33. The molecule has 102 valence electrons. The van der Waals surface area contributed by atoms with Crippen LogP contribution in [0.1, 0.15) is 5.56 Å². The number of nitriles is 1. The van der Waals surface area contributed by atoms with Crippen molar-refractivity contribution in [2.75, 3.05) is 19.6 Å². The molecule has 1 unspecified atom stereocenters. The molecular formula is C12H14ClN3O2S. The number of piperazine rings is 1. The molecular weight excluding hydrogens is 286 g/mol. The van der Waals surface area contributed by atoms with Crippen LogP contribution in [0.2, 0.25) is 5.02 Å². The summed E-state index contributed by atoms with van der Waals surface area (Å²) in [5.74, 6) is 0. The first-order valence-corrected chi connectivity index (χ1v) is 7.67. The van der Waals surface area contributed by atoms with Gasteiger partial charge in [0.1, 0.15) is 6.04 Å². The smallest absolute Gasteiger partial charge is 0.244 e. The van der Waals surface area contributed by atoms with Gasteiger partial charge in [0.15, 0.2) is 0 Å². The third-order valence-electron chi connectivity index (χ3n) is 3.15. The van der Waals surface area contributed by atoms with E-state index in [1.165, 1.54) is 10.4 Å². The van der Waals surface area contributed by atoms with Gasteiger partial charge in [-0.25, -0.2) is 8.42 Å². The van der Waals surface area contributed by atoms with Gasteiger partial charge in [0, 0.05) is 24.7 Å². The first kappa shape index (κ1) is 14.3. The fraction of sp³-hybridized carbons (Fsp3) is 0.417. The van der Waals surface area contributed by atoms with Crippen molar-refractivity contribution in [3.63, 3.8) is 0 Å². The van der Waals surface area contributed by atoms with Crippen LogP contribution in [-0.4, -0.2) is 38.4 Å². The molecule has 1 atom stereocenters. The second kappa shape index (κ2) is 5.47. The summed E-state index contributed by atoms with van der Waals surface area (Å²) >= 11 is 5.97. The average Bonchev–Trinajstić information content (AvgIpc) is 2.41. The Kier molecular flexibility index (Phi) is 4.11. The standard InChI is InChI=1S/C12H14ClN3O2S/c1-9-11(13)3-2-4-12(9)19(17,18)16-6-5-15-8-10(16)7-14/h2-4,10,15H,5-6,8H2,1H3. The predicted molar refractivity (Wildman–Crippen MR) is 72.4 cm³/mol. The van der Waals surface area contributed by atoms with Gasteiger partial charge in [-0.1, -0.05) is 17.7 Å². The van der Waals surface area contributed by atoms with E-state index in [9.17, 15) is 8.42 Å². The van der Waals surface area contributed by atoms with Gasteiger partial charge >= 0.3 is 0 Å². The maximum absolute atomic E-state index is 12.6. The Balaban J connectivity index is 2.47. The number of benzene rings is 1.